The van der Waals surface area contributed by atoms with Crippen LogP contribution >= 0.6 is 0 Å². The van der Waals surface area contributed by atoms with Gasteiger partial charge in [0.05, 0.1) is 17.6 Å². The number of amides is 2. The Labute approximate surface area is 165 Å². The van der Waals surface area contributed by atoms with Crippen LogP contribution in [0.25, 0.3) is 11.4 Å². The summed E-state index contributed by atoms with van der Waals surface area (Å²) in [7, 11) is 0. The third kappa shape index (κ3) is 3.83. The molecule has 144 valence electrons. The first-order chi connectivity index (χ1) is 14.1. The molecule has 0 spiro atoms. The van der Waals surface area contributed by atoms with Gasteiger partial charge >= 0.3 is 0 Å². The average molecular weight is 388 g/mol. The first-order valence-corrected chi connectivity index (χ1v) is 8.67. The van der Waals surface area contributed by atoms with E-state index in [4.69, 9.17) is 0 Å². The maximum Gasteiger partial charge on any atom is 0.294 e. The van der Waals surface area contributed by atoms with Crippen molar-refractivity contribution in [2.45, 2.75) is 0 Å². The van der Waals surface area contributed by atoms with Crippen LogP contribution in [-0.2, 0) is 0 Å². The lowest BCUT2D eigenvalue weighted by molar-refractivity contribution is 0.0839. The summed E-state index contributed by atoms with van der Waals surface area (Å²) < 4.78 is 2.91. The summed E-state index contributed by atoms with van der Waals surface area (Å²) in [5, 5.41) is 18.2. The minimum Gasteiger partial charge on any atom is -0.504 e. The predicted octanol–water partition coefficient (Wildman–Crippen LogP) is 1.84. The Morgan fingerprint density at radius 2 is 1.34 bits per heavy atom. The topological polar surface area (TPSA) is 114 Å². The number of hydrogen-bond donors (Lipinski definition) is 3. The quantitative estimate of drug-likeness (QED) is 0.462. The van der Waals surface area contributed by atoms with E-state index in [1.165, 1.54) is 16.9 Å². The number of hydrazine groups is 1. The van der Waals surface area contributed by atoms with E-state index in [1.54, 1.807) is 23.0 Å². The van der Waals surface area contributed by atoms with Gasteiger partial charge in [0.2, 0.25) is 0 Å². The maximum absolute atomic E-state index is 12.3. The van der Waals surface area contributed by atoms with Gasteiger partial charge in [-0.1, -0.05) is 36.4 Å². The molecule has 0 saturated heterocycles. The molecule has 0 atom stereocenters. The molecule has 2 aromatic carbocycles. The Kier molecular flexibility index (Phi) is 4.77. The summed E-state index contributed by atoms with van der Waals surface area (Å²) in [5.41, 5.74) is 5.87. The Morgan fingerprint density at radius 1 is 0.759 bits per heavy atom. The standard InChI is InChI=1S/C20H16N6O3/c27-17-13-26(15-9-5-2-6-10-15)24-18(17)20(29)22-21-19(28)16-11-12-25(23-16)14-7-3-1-4-8-14/h1-13,27H,(H,21,28)(H,22,29). The van der Waals surface area contributed by atoms with E-state index in [0.717, 1.165) is 5.69 Å². The Hall–Kier alpha value is -4.40. The summed E-state index contributed by atoms with van der Waals surface area (Å²) in [5.74, 6) is -1.67. The molecule has 0 bridgehead atoms. The van der Waals surface area contributed by atoms with E-state index in [9.17, 15) is 14.7 Å². The number of nitrogens with zero attached hydrogens (tertiary/aromatic N) is 4. The van der Waals surface area contributed by atoms with Gasteiger partial charge in [-0.3, -0.25) is 20.4 Å². The van der Waals surface area contributed by atoms with Crippen LogP contribution in [0.15, 0.2) is 79.1 Å². The van der Waals surface area contributed by atoms with Crippen molar-refractivity contribution < 1.29 is 14.7 Å². The second kappa shape index (κ2) is 7.69. The third-order valence-corrected chi connectivity index (χ3v) is 4.06. The van der Waals surface area contributed by atoms with Crippen LogP contribution in [-0.4, -0.2) is 36.5 Å². The number of aromatic nitrogens is 4. The van der Waals surface area contributed by atoms with E-state index < -0.39 is 11.8 Å². The molecule has 0 aliphatic heterocycles. The van der Waals surface area contributed by atoms with E-state index >= 15 is 0 Å². The highest BCUT2D eigenvalue weighted by molar-refractivity contribution is 5.98. The molecular weight excluding hydrogens is 372 g/mol. The maximum atomic E-state index is 12.3. The molecule has 2 amide bonds. The Morgan fingerprint density at radius 3 is 2.00 bits per heavy atom. The van der Waals surface area contributed by atoms with Gasteiger partial charge < -0.3 is 5.11 Å². The fraction of sp³-hybridized carbons (Fsp3) is 0. The Balaban J connectivity index is 1.42. The number of aromatic hydroxyl groups is 1. The summed E-state index contributed by atoms with van der Waals surface area (Å²) >= 11 is 0. The zero-order valence-electron chi connectivity index (χ0n) is 15.1. The van der Waals surface area contributed by atoms with Crippen LogP contribution in [0, 0.1) is 0 Å². The molecule has 9 heteroatoms. The highest BCUT2D eigenvalue weighted by Crippen LogP contribution is 2.17. The fourth-order valence-corrected chi connectivity index (χ4v) is 2.65. The van der Waals surface area contributed by atoms with Crippen molar-refractivity contribution in [3.63, 3.8) is 0 Å². The largest absolute Gasteiger partial charge is 0.504 e. The number of nitrogens with one attached hydrogen (secondary N) is 2. The SMILES string of the molecule is O=C(NNC(=O)c1nn(-c2ccccc2)cc1O)c1ccn(-c2ccccc2)n1. The minimum atomic E-state index is -0.756. The van der Waals surface area contributed by atoms with Gasteiger partial charge in [-0.05, 0) is 30.3 Å². The molecular formula is C20H16N6O3. The van der Waals surface area contributed by atoms with Crippen molar-refractivity contribution in [3.05, 3.63) is 90.5 Å². The third-order valence-electron chi connectivity index (χ3n) is 4.06. The molecule has 0 fully saturated rings. The lowest BCUT2D eigenvalue weighted by Crippen LogP contribution is -2.42. The molecule has 0 aliphatic rings. The molecule has 2 heterocycles. The lowest BCUT2D eigenvalue weighted by atomic mass is 10.3. The first-order valence-electron chi connectivity index (χ1n) is 8.67. The van der Waals surface area contributed by atoms with Crippen LogP contribution in [0.4, 0.5) is 0 Å². The van der Waals surface area contributed by atoms with Gasteiger partial charge in [0, 0.05) is 6.20 Å². The predicted molar refractivity (Wildman–Crippen MR) is 104 cm³/mol. The smallest absolute Gasteiger partial charge is 0.294 e. The molecule has 4 rings (SSSR count). The monoisotopic (exact) mass is 388 g/mol. The number of carbonyl (C=O) groups is 2. The molecule has 4 aromatic rings. The summed E-state index contributed by atoms with van der Waals surface area (Å²) in [4.78, 5) is 24.5. The minimum absolute atomic E-state index is 0.119. The number of hydrogen-bond acceptors (Lipinski definition) is 5. The van der Waals surface area contributed by atoms with Gasteiger partial charge in [-0.25, -0.2) is 9.36 Å². The van der Waals surface area contributed by atoms with E-state index in [1.807, 2.05) is 48.5 Å². The molecule has 0 unspecified atom stereocenters. The van der Waals surface area contributed by atoms with E-state index in [0.29, 0.717) is 5.69 Å². The number of para-hydroxylation sites is 2. The molecule has 3 N–H and O–H groups in total. The molecule has 29 heavy (non-hydrogen) atoms. The van der Waals surface area contributed by atoms with Crippen LogP contribution in [0.1, 0.15) is 21.0 Å². The van der Waals surface area contributed by atoms with Crippen LogP contribution < -0.4 is 10.9 Å². The second-order valence-corrected chi connectivity index (χ2v) is 6.03. The van der Waals surface area contributed by atoms with Crippen molar-refractivity contribution in [1.82, 2.24) is 30.4 Å². The highest BCUT2D eigenvalue weighted by Gasteiger charge is 2.18. The van der Waals surface area contributed by atoms with Crippen molar-refractivity contribution in [1.29, 1.82) is 0 Å². The molecule has 2 aromatic heterocycles. The molecule has 0 aliphatic carbocycles. The molecule has 9 nitrogen and oxygen atoms in total. The van der Waals surface area contributed by atoms with Gasteiger partial charge in [0.1, 0.15) is 0 Å². The van der Waals surface area contributed by atoms with Gasteiger partial charge in [0.15, 0.2) is 17.1 Å². The molecule has 0 saturated carbocycles. The van der Waals surface area contributed by atoms with Crippen LogP contribution in [0.2, 0.25) is 0 Å². The van der Waals surface area contributed by atoms with Crippen LogP contribution in [0.5, 0.6) is 5.75 Å². The first kappa shape index (κ1) is 18.0. The lowest BCUT2D eigenvalue weighted by Gasteiger charge is -2.04. The summed E-state index contributed by atoms with van der Waals surface area (Å²) in [6.07, 6.45) is 2.95. The normalized spacial score (nSPS) is 10.5. The van der Waals surface area contributed by atoms with Crippen molar-refractivity contribution in [2.75, 3.05) is 0 Å². The van der Waals surface area contributed by atoms with E-state index in [-0.39, 0.29) is 17.1 Å². The summed E-state index contributed by atoms with van der Waals surface area (Å²) in [6, 6.07) is 19.8. The average Bonchev–Trinajstić information content (AvgIpc) is 3.40. The zero-order chi connectivity index (χ0) is 20.2. The van der Waals surface area contributed by atoms with E-state index in [2.05, 4.69) is 21.0 Å². The molecule has 0 radical (unpaired) electrons. The van der Waals surface area contributed by atoms with Gasteiger partial charge in [0.25, 0.3) is 11.8 Å². The van der Waals surface area contributed by atoms with Crippen LogP contribution in [0.3, 0.4) is 0 Å². The fourth-order valence-electron chi connectivity index (χ4n) is 2.65. The zero-order valence-corrected chi connectivity index (χ0v) is 15.1. The van der Waals surface area contributed by atoms with Crippen molar-refractivity contribution >= 4 is 11.8 Å². The number of carbonyl (C=O) groups excluding carboxylic acids is 2. The highest BCUT2D eigenvalue weighted by atomic mass is 16.3. The second-order valence-electron chi connectivity index (χ2n) is 6.03. The number of rotatable bonds is 4. The number of benzene rings is 2. The summed E-state index contributed by atoms with van der Waals surface area (Å²) in [6.45, 7) is 0. The Bertz CT molecular complexity index is 1150. The van der Waals surface area contributed by atoms with Gasteiger partial charge in [-0.2, -0.15) is 10.2 Å². The van der Waals surface area contributed by atoms with Gasteiger partial charge in [-0.15, -0.1) is 0 Å². The van der Waals surface area contributed by atoms with Crippen molar-refractivity contribution in [2.24, 2.45) is 0 Å². The van der Waals surface area contributed by atoms with Crippen molar-refractivity contribution in [3.8, 4) is 17.1 Å².